The van der Waals surface area contributed by atoms with Crippen LogP contribution in [0.3, 0.4) is 0 Å². The average Bonchev–Trinajstić information content (AvgIpc) is 2.67. The molecule has 0 N–H and O–H groups in total. The lowest BCUT2D eigenvalue weighted by atomic mass is 10.2. The van der Waals surface area contributed by atoms with Crippen LogP contribution in [0.25, 0.3) is 0 Å². The molecule has 0 unspecified atom stereocenters. The standard InChI is InChI=1S/C20H24Cl2N2O4S2/c1-13-11-19(15(3)9-17(13)21)29(25,26)23-5-7-24(8-6-23)30(27,28)20-12-14(2)18(22)10-16(20)4/h9-12H,5-8H2,1-4H3. The van der Waals surface area contributed by atoms with Gasteiger partial charge in [-0.25, -0.2) is 16.8 Å². The Morgan fingerprint density at radius 1 is 0.600 bits per heavy atom. The van der Waals surface area contributed by atoms with Gasteiger partial charge in [0.05, 0.1) is 9.79 Å². The summed E-state index contributed by atoms with van der Waals surface area (Å²) < 4.78 is 55.2. The zero-order valence-electron chi connectivity index (χ0n) is 17.2. The lowest BCUT2D eigenvalue weighted by molar-refractivity contribution is 0.272. The van der Waals surface area contributed by atoms with Crippen molar-refractivity contribution in [1.82, 2.24) is 8.61 Å². The van der Waals surface area contributed by atoms with Crippen molar-refractivity contribution in [3.05, 3.63) is 56.6 Å². The van der Waals surface area contributed by atoms with Gasteiger partial charge in [-0.05, 0) is 74.2 Å². The van der Waals surface area contributed by atoms with Crippen molar-refractivity contribution in [2.24, 2.45) is 0 Å². The van der Waals surface area contributed by atoms with Crippen molar-refractivity contribution in [2.45, 2.75) is 37.5 Å². The summed E-state index contributed by atoms with van der Waals surface area (Å²) in [5, 5.41) is 1.02. The first-order valence-electron chi connectivity index (χ1n) is 9.39. The molecule has 3 rings (SSSR count). The van der Waals surface area contributed by atoms with Gasteiger partial charge in [0.15, 0.2) is 0 Å². The molecule has 1 fully saturated rings. The zero-order valence-corrected chi connectivity index (χ0v) is 20.4. The third kappa shape index (κ3) is 4.26. The van der Waals surface area contributed by atoms with E-state index in [9.17, 15) is 16.8 Å². The molecule has 30 heavy (non-hydrogen) atoms. The summed E-state index contributed by atoms with van der Waals surface area (Å²) in [7, 11) is -7.50. The fourth-order valence-corrected chi connectivity index (χ4v) is 7.36. The highest BCUT2D eigenvalue weighted by atomic mass is 35.5. The molecule has 1 aliphatic rings. The molecule has 0 amide bonds. The third-order valence-electron chi connectivity index (χ3n) is 5.35. The van der Waals surface area contributed by atoms with E-state index < -0.39 is 20.0 Å². The third-order valence-corrected chi connectivity index (χ3v) is 10.2. The monoisotopic (exact) mass is 490 g/mol. The number of piperazine rings is 1. The molecule has 2 aromatic rings. The second-order valence-electron chi connectivity index (χ2n) is 7.54. The van der Waals surface area contributed by atoms with Crippen LogP contribution in [0.1, 0.15) is 22.3 Å². The van der Waals surface area contributed by atoms with Crippen molar-refractivity contribution in [3.8, 4) is 0 Å². The number of hydrogen-bond donors (Lipinski definition) is 0. The Balaban J connectivity index is 1.84. The molecule has 1 aliphatic heterocycles. The molecule has 6 nitrogen and oxygen atoms in total. The highest BCUT2D eigenvalue weighted by Gasteiger charge is 2.35. The molecular formula is C20H24Cl2N2O4S2. The van der Waals surface area contributed by atoms with Crippen LogP contribution in [0, 0.1) is 27.7 Å². The smallest absolute Gasteiger partial charge is 0.207 e. The van der Waals surface area contributed by atoms with Crippen LogP contribution in [0.4, 0.5) is 0 Å². The Labute approximate surface area is 188 Å². The number of aryl methyl sites for hydroxylation is 4. The van der Waals surface area contributed by atoms with Gasteiger partial charge >= 0.3 is 0 Å². The number of sulfonamides is 2. The molecule has 10 heteroatoms. The van der Waals surface area contributed by atoms with Crippen molar-refractivity contribution in [3.63, 3.8) is 0 Å². The summed E-state index contributed by atoms with van der Waals surface area (Å²) in [5.74, 6) is 0. The molecule has 164 valence electrons. The second-order valence-corrected chi connectivity index (χ2v) is 12.2. The van der Waals surface area contributed by atoms with Gasteiger partial charge < -0.3 is 0 Å². The van der Waals surface area contributed by atoms with Crippen LogP contribution in [0.15, 0.2) is 34.1 Å². The van der Waals surface area contributed by atoms with E-state index in [0.29, 0.717) is 32.3 Å². The number of rotatable bonds is 4. The Bertz CT molecular complexity index is 1110. The molecule has 1 heterocycles. The van der Waals surface area contributed by atoms with Gasteiger partial charge in [0.1, 0.15) is 0 Å². The Morgan fingerprint density at radius 2 is 0.900 bits per heavy atom. The van der Waals surface area contributed by atoms with Gasteiger partial charge in [0.25, 0.3) is 0 Å². The molecule has 1 saturated heterocycles. The van der Waals surface area contributed by atoms with Gasteiger partial charge in [-0.1, -0.05) is 23.2 Å². The van der Waals surface area contributed by atoms with Gasteiger partial charge in [-0.3, -0.25) is 0 Å². The van der Waals surface area contributed by atoms with Crippen LogP contribution >= 0.6 is 23.2 Å². The summed E-state index contributed by atoms with van der Waals surface area (Å²) in [6, 6.07) is 6.40. The number of hydrogen-bond acceptors (Lipinski definition) is 4. The van der Waals surface area contributed by atoms with Crippen LogP contribution in [-0.4, -0.2) is 51.6 Å². The highest BCUT2D eigenvalue weighted by Crippen LogP contribution is 2.29. The first-order valence-corrected chi connectivity index (χ1v) is 13.0. The van der Waals surface area contributed by atoms with Crippen molar-refractivity contribution in [2.75, 3.05) is 26.2 Å². The molecule has 0 bridgehead atoms. The van der Waals surface area contributed by atoms with E-state index in [1.54, 1.807) is 52.0 Å². The first kappa shape index (κ1) is 23.5. The van der Waals surface area contributed by atoms with Crippen molar-refractivity contribution >= 4 is 43.2 Å². The molecule has 2 aromatic carbocycles. The molecule has 0 radical (unpaired) electrons. The molecule has 0 saturated carbocycles. The topological polar surface area (TPSA) is 74.8 Å². The Morgan fingerprint density at radius 3 is 1.20 bits per heavy atom. The van der Waals surface area contributed by atoms with E-state index >= 15 is 0 Å². The molecule has 0 atom stereocenters. The Hall–Kier alpha value is -1.16. The van der Waals surface area contributed by atoms with Gasteiger partial charge in [0.2, 0.25) is 20.0 Å². The number of benzene rings is 2. The van der Waals surface area contributed by atoms with Gasteiger partial charge in [-0.2, -0.15) is 8.61 Å². The van der Waals surface area contributed by atoms with E-state index in [1.807, 2.05) is 0 Å². The normalized spacial score (nSPS) is 16.7. The summed E-state index contributed by atoms with van der Waals surface area (Å²) in [5.41, 5.74) is 2.48. The largest absolute Gasteiger partial charge is 0.243 e. The maximum absolute atomic E-state index is 13.1. The fraction of sp³-hybridized carbons (Fsp3) is 0.400. The van der Waals surface area contributed by atoms with Crippen LogP contribution < -0.4 is 0 Å². The molecular weight excluding hydrogens is 467 g/mol. The van der Waals surface area contributed by atoms with Crippen molar-refractivity contribution in [1.29, 1.82) is 0 Å². The average molecular weight is 491 g/mol. The van der Waals surface area contributed by atoms with Crippen LogP contribution in [-0.2, 0) is 20.0 Å². The lowest BCUT2D eigenvalue weighted by Crippen LogP contribution is -2.50. The van der Waals surface area contributed by atoms with Crippen LogP contribution in [0.5, 0.6) is 0 Å². The zero-order chi connectivity index (χ0) is 22.4. The number of nitrogens with zero attached hydrogens (tertiary/aromatic N) is 2. The predicted molar refractivity (Wildman–Crippen MR) is 119 cm³/mol. The Kier molecular flexibility index (Phi) is 6.59. The summed E-state index contributed by atoms with van der Waals surface area (Å²) >= 11 is 12.2. The van der Waals surface area contributed by atoms with E-state index in [-0.39, 0.29) is 36.0 Å². The quantitative estimate of drug-likeness (QED) is 0.650. The van der Waals surface area contributed by atoms with Gasteiger partial charge in [0, 0.05) is 36.2 Å². The van der Waals surface area contributed by atoms with Crippen LogP contribution in [0.2, 0.25) is 10.0 Å². The SMILES string of the molecule is Cc1cc(S(=O)(=O)N2CCN(S(=O)(=O)c3cc(C)c(Cl)cc3C)CC2)c(C)cc1Cl. The van der Waals surface area contributed by atoms with E-state index in [4.69, 9.17) is 23.2 Å². The van der Waals surface area contributed by atoms with Crippen molar-refractivity contribution < 1.29 is 16.8 Å². The second kappa shape index (κ2) is 8.41. The number of halogens is 2. The molecule has 0 spiro atoms. The fourth-order valence-electron chi connectivity index (χ4n) is 3.49. The summed E-state index contributed by atoms with van der Waals surface area (Å²) in [6.07, 6.45) is 0. The van der Waals surface area contributed by atoms with Gasteiger partial charge in [-0.15, -0.1) is 0 Å². The minimum absolute atomic E-state index is 0.0777. The maximum Gasteiger partial charge on any atom is 0.243 e. The summed E-state index contributed by atoms with van der Waals surface area (Å²) in [4.78, 5) is 0.398. The maximum atomic E-state index is 13.1. The minimum Gasteiger partial charge on any atom is -0.207 e. The minimum atomic E-state index is -3.75. The molecule has 0 aromatic heterocycles. The van der Waals surface area contributed by atoms with E-state index in [2.05, 4.69) is 0 Å². The summed E-state index contributed by atoms with van der Waals surface area (Å²) in [6.45, 7) is 7.21. The van der Waals surface area contributed by atoms with E-state index in [1.165, 1.54) is 8.61 Å². The molecule has 0 aliphatic carbocycles. The van der Waals surface area contributed by atoms with E-state index in [0.717, 1.165) is 0 Å². The highest BCUT2D eigenvalue weighted by molar-refractivity contribution is 7.89. The lowest BCUT2D eigenvalue weighted by Gasteiger charge is -2.34. The predicted octanol–water partition coefficient (Wildman–Crippen LogP) is 3.92. The first-order chi connectivity index (χ1) is 13.9.